The van der Waals surface area contributed by atoms with Gasteiger partial charge in [0.15, 0.2) is 5.78 Å². The summed E-state index contributed by atoms with van der Waals surface area (Å²) >= 11 is 1.04. The number of carbonyl (C=O) groups is 3. The number of imide groups is 1. The molecule has 6 heteroatoms. The van der Waals surface area contributed by atoms with E-state index in [1.54, 1.807) is 18.3 Å². The van der Waals surface area contributed by atoms with Crippen LogP contribution in [-0.4, -0.2) is 33.6 Å². The first kappa shape index (κ1) is 10.8. The Kier molecular flexibility index (Phi) is 3.00. The second-order valence-electron chi connectivity index (χ2n) is 3.21. The van der Waals surface area contributed by atoms with Crippen LogP contribution in [0.4, 0.5) is 0 Å². The lowest BCUT2D eigenvalue weighted by molar-refractivity contribution is -0.128. The van der Waals surface area contributed by atoms with Crippen molar-refractivity contribution in [2.75, 3.05) is 5.75 Å². The van der Waals surface area contributed by atoms with Gasteiger partial charge in [-0.2, -0.15) is 0 Å². The zero-order valence-corrected chi connectivity index (χ0v) is 8.99. The highest BCUT2D eigenvalue weighted by Crippen LogP contribution is 2.19. The van der Waals surface area contributed by atoms with Crippen LogP contribution in [-0.2, 0) is 9.59 Å². The molecule has 1 fully saturated rings. The molecular weight excluding hydrogens is 228 g/mol. The van der Waals surface area contributed by atoms with Crippen LogP contribution < -0.4 is 5.32 Å². The lowest BCUT2D eigenvalue weighted by Crippen LogP contribution is -2.46. The van der Waals surface area contributed by atoms with E-state index in [0.29, 0.717) is 5.56 Å². The molecule has 0 spiro atoms. The first-order valence-corrected chi connectivity index (χ1v) is 5.63. The molecule has 16 heavy (non-hydrogen) atoms. The largest absolute Gasteiger partial charge is 0.294 e. The van der Waals surface area contributed by atoms with Crippen LogP contribution in [0, 0.1) is 0 Å². The van der Waals surface area contributed by atoms with Gasteiger partial charge in [-0.05, 0) is 12.1 Å². The molecule has 0 aromatic carbocycles. The van der Waals surface area contributed by atoms with Crippen LogP contribution in [0.3, 0.4) is 0 Å². The van der Waals surface area contributed by atoms with Gasteiger partial charge in [-0.3, -0.25) is 24.7 Å². The standard InChI is InChI=1S/C10H8N2O3S/c13-7-5-16-9(10(15)12-7)8(14)6-2-1-3-11-4-6/h1-4,9H,5H2,(H,12,13,15). The molecule has 1 N–H and O–H groups in total. The third-order valence-corrected chi connectivity index (χ3v) is 3.26. The second kappa shape index (κ2) is 4.44. The molecule has 2 rings (SSSR count). The van der Waals surface area contributed by atoms with Gasteiger partial charge in [-0.1, -0.05) is 0 Å². The first-order valence-electron chi connectivity index (χ1n) is 4.58. The summed E-state index contributed by atoms with van der Waals surface area (Å²) in [4.78, 5) is 38.0. The molecule has 2 heterocycles. The molecule has 1 saturated heterocycles. The van der Waals surface area contributed by atoms with Gasteiger partial charge in [-0.25, -0.2) is 0 Å². The Morgan fingerprint density at radius 2 is 2.31 bits per heavy atom. The molecule has 82 valence electrons. The van der Waals surface area contributed by atoms with E-state index in [-0.39, 0.29) is 17.4 Å². The molecule has 0 bridgehead atoms. The van der Waals surface area contributed by atoms with Gasteiger partial charge in [-0.15, -0.1) is 11.8 Å². The number of Topliss-reactive ketones (excluding diaryl/α,β-unsaturated/α-hetero) is 1. The number of amides is 2. The second-order valence-corrected chi connectivity index (χ2v) is 4.30. The number of nitrogens with one attached hydrogen (secondary N) is 1. The predicted molar refractivity (Wildman–Crippen MR) is 58.0 cm³/mol. The van der Waals surface area contributed by atoms with Crippen molar-refractivity contribution < 1.29 is 14.4 Å². The van der Waals surface area contributed by atoms with Crippen molar-refractivity contribution in [2.24, 2.45) is 0 Å². The van der Waals surface area contributed by atoms with E-state index in [9.17, 15) is 14.4 Å². The van der Waals surface area contributed by atoms with Crippen molar-refractivity contribution in [2.45, 2.75) is 5.25 Å². The van der Waals surface area contributed by atoms with Crippen LogP contribution in [0.15, 0.2) is 24.5 Å². The minimum absolute atomic E-state index is 0.127. The molecule has 1 aliphatic heterocycles. The number of ketones is 1. The number of nitrogens with zero attached hydrogens (tertiary/aromatic N) is 1. The average Bonchev–Trinajstić information content (AvgIpc) is 2.29. The summed E-state index contributed by atoms with van der Waals surface area (Å²) in [7, 11) is 0. The molecule has 5 nitrogen and oxygen atoms in total. The van der Waals surface area contributed by atoms with E-state index in [4.69, 9.17) is 0 Å². The highest BCUT2D eigenvalue weighted by molar-refractivity contribution is 8.02. The summed E-state index contributed by atoms with van der Waals surface area (Å²) in [5, 5.41) is 1.29. The van der Waals surface area contributed by atoms with Gasteiger partial charge in [0.05, 0.1) is 5.75 Å². The fourth-order valence-corrected chi connectivity index (χ4v) is 2.22. The normalized spacial score (nSPS) is 20.4. The maximum atomic E-state index is 11.9. The summed E-state index contributed by atoms with van der Waals surface area (Å²) in [6, 6.07) is 3.23. The molecule has 1 aromatic rings. The van der Waals surface area contributed by atoms with Gasteiger partial charge in [0.2, 0.25) is 11.8 Å². The molecular formula is C10H8N2O3S. The summed E-state index contributed by atoms with van der Waals surface area (Å²) in [6.45, 7) is 0. The summed E-state index contributed by atoms with van der Waals surface area (Å²) in [6.07, 6.45) is 2.96. The van der Waals surface area contributed by atoms with E-state index < -0.39 is 11.2 Å². The van der Waals surface area contributed by atoms with E-state index in [1.807, 2.05) is 0 Å². The summed E-state index contributed by atoms with van der Waals surface area (Å²) in [5.74, 6) is -1.09. The third-order valence-electron chi connectivity index (χ3n) is 2.07. The zero-order chi connectivity index (χ0) is 11.5. The Bertz CT molecular complexity index is 447. The monoisotopic (exact) mass is 236 g/mol. The number of thioether (sulfide) groups is 1. The highest BCUT2D eigenvalue weighted by Gasteiger charge is 2.33. The van der Waals surface area contributed by atoms with E-state index in [0.717, 1.165) is 11.8 Å². The van der Waals surface area contributed by atoms with Crippen molar-refractivity contribution in [3.63, 3.8) is 0 Å². The first-order chi connectivity index (χ1) is 7.68. The Labute approximate surface area is 95.6 Å². The number of aromatic nitrogens is 1. The third kappa shape index (κ3) is 2.11. The minimum Gasteiger partial charge on any atom is -0.294 e. The van der Waals surface area contributed by atoms with Crippen LogP contribution in [0.25, 0.3) is 0 Å². The number of rotatable bonds is 2. The van der Waals surface area contributed by atoms with Gasteiger partial charge < -0.3 is 0 Å². The average molecular weight is 236 g/mol. The molecule has 1 aromatic heterocycles. The summed E-state index contributed by atoms with van der Waals surface area (Å²) in [5.41, 5.74) is 0.379. The van der Waals surface area contributed by atoms with Gasteiger partial charge in [0.25, 0.3) is 0 Å². The molecule has 1 atom stereocenters. The molecule has 0 saturated carbocycles. The smallest absolute Gasteiger partial charge is 0.247 e. The van der Waals surface area contributed by atoms with E-state index in [1.165, 1.54) is 6.20 Å². The van der Waals surface area contributed by atoms with Crippen molar-refractivity contribution in [1.29, 1.82) is 0 Å². The molecule has 0 radical (unpaired) electrons. The van der Waals surface area contributed by atoms with Crippen LogP contribution >= 0.6 is 11.8 Å². The summed E-state index contributed by atoms with van der Waals surface area (Å²) < 4.78 is 0. The molecule has 2 amide bonds. The molecule has 0 aliphatic carbocycles. The van der Waals surface area contributed by atoms with E-state index in [2.05, 4.69) is 10.3 Å². The van der Waals surface area contributed by atoms with E-state index >= 15 is 0 Å². The maximum absolute atomic E-state index is 11.9. The Morgan fingerprint density at radius 1 is 1.50 bits per heavy atom. The predicted octanol–water partition coefficient (Wildman–Crippen LogP) is 0.0225. The zero-order valence-electron chi connectivity index (χ0n) is 8.17. The van der Waals surface area contributed by atoms with Crippen LogP contribution in [0.5, 0.6) is 0 Å². The number of carbonyl (C=O) groups excluding carboxylic acids is 3. The van der Waals surface area contributed by atoms with Crippen molar-refractivity contribution in [3.05, 3.63) is 30.1 Å². The fourth-order valence-electron chi connectivity index (χ4n) is 1.33. The lowest BCUT2D eigenvalue weighted by Gasteiger charge is -2.18. The van der Waals surface area contributed by atoms with Gasteiger partial charge in [0, 0.05) is 18.0 Å². The SMILES string of the molecule is O=C1CSC(C(=O)c2cccnc2)C(=O)N1. The number of hydrogen-bond donors (Lipinski definition) is 1. The minimum atomic E-state index is -0.845. The maximum Gasteiger partial charge on any atom is 0.247 e. The number of hydrogen-bond acceptors (Lipinski definition) is 5. The Hall–Kier alpha value is -1.69. The number of pyridine rings is 1. The quantitative estimate of drug-likeness (QED) is 0.445. The van der Waals surface area contributed by atoms with Crippen molar-refractivity contribution in [3.8, 4) is 0 Å². The van der Waals surface area contributed by atoms with Crippen molar-refractivity contribution in [1.82, 2.24) is 10.3 Å². The molecule has 1 aliphatic rings. The lowest BCUT2D eigenvalue weighted by atomic mass is 10.1. The van der Waals surface area contributed by atoms with Crippen LogP contribution in [0.1, 0.15) is 10.4 Å². The van der Waals surface area contributed by atoms with Crippen molar-refractivity contribution >= 4 is 29.4 Å². The highest BCUT2D eigenvalue weighted by atomic mass is 32.2. The Morgan fingerprint density at radius 3 is 2.94 bits per heavy atom. The topological polar surface area (TPSA) is 76.1 Å². The van der Waals surface area contributed by atoms with Crippen LogP contribution in [0.2, 0.25) is 0 Å². The van der Waals surface area contributed by atoms with Gasteiger partial charge in [0.1, 0.15) is 5.25 Å². The van der Waals surface area contributed by atoms with Gasteiger partial charge >= 0.3 is 0 Å². The molecule has 1 unspecified atom stereocenters. The Balaban J connectivity index is 2.17. The fraction of sp³-hybridized carbons (Fsp3) is 0.200.